The molecule has 4 N–H and O–H groups in total. The summed E-state index contributed by atoms with van der Waals surface area (Å²) in [6.07, 6.45) is 3.58. The van der Waals surface area contributed by atoms with Crippen LogP contribution in [0.15, 0.2) is 29.4 Å². The maximum absolute atomic E-state index is 12.2. The van der Waals surface area contributed by atoms with Crippen LogP contribution in [0.1, 0.15) is 35.8 Å². The molecule has 2 rings (SSSR count). The van der Waals surface area contributed by atoms with E-state index in [-0.39, 0.29) is 26.6 Å². The number of unbranched alkanes of at least 4 members (excludes halogenated alkanes) is 1. The Hall–Kier alpha value is -2.02. The Balaban J connectivity index is 1.99. The first-order valence-electron chi connectivity index (χ1n) is 7.85. The van der Waals surface area contributed by atoms with Gasteiger partial charge in [0.1, 0.15) is 15.8 Å². The zero-order chi connectivity index (χ0) is 19.1. The summed E-state index contributed by atoms with van der Waals surface area (Å²) >= 11 is 17.7. The molecule has 2 aromatic rings. The number of rotatable bonds is 7. The molecule has 1 aromatic carbocycles. The number of H-pyrrole nitrogens is 1. The zero-order valence-corrected chi connectivity index (χ0v) is 16.3. The number of hydrogen-bond acceptors (Lipinski definition) is 4. The monoisotopic (exact) mass is 415 g/mol. The first kappa shape index (κ1) is 20.3. The van der Waals surface area contributed by atoms with Crippen molar-refractivity contribution in [1.29, 1.82) is 0 Å². The quantitative estimate of drug-likeness (QED) is 0.309. The van der Waals surface area contributed by atoms with Gasteiger partial charge < -0.3 is 10.5 Å². The number of ether oxygens (including phenoxy) is 1. The molecule has 0 unspecified atom stereocenters. The van der Waals surface area contributed by atoms with Gasteiger partial charge in [-0.1, -0.05) is 36.5 Å². The number of carbonyl (C=O) groups excluding carboxylic acids is 1. The number of aromatic amines is 1. The van der Waals surface area contributed by atoms with Crippen molar-refractivity contribution in [3.63, 3.8) is 0 Å². The molecule has 0 spiro atoms. The highest BCUT2D eigenvalue weighted by molar-refractivity contribution is 6.45. The number of aromatic nitrogens is 1. The fourth-order valence-corrected chi connectivity index (χ4v) is 2.54. The number of nitrogens with two attached hydrogens (primary N) is 1. The molecule has 1 aromatic heterocycles. The third kappa shape index (κ3) is 5.24. The van der Waals surface area contributed by atoms with Crippen LogP contribution in [0.2, 0.25) is 15.2 Å². The number of nitrogens with one attached hydrogen (secondary N) is 2. The summed E-state index contributed by atoms with van der Waals surface area (Å²) in [7, 11) is 0. The summed E-state index contributed by atoms with van der Waals surface area (Å²) in [6.45, 7) is 2.79. The van der Waals surface area contributed by atoms with Crippen molar-refractivity contribution in [1.82, 2.24) is 5.43 Å². The van der Waals surface area contributed by atoms with E-state index in [1.54, 1.807) is 0 Å². The van der Waals surface area contributed by atoms with E-state index in [1.807, 2.05) is 24.3 Å². The molecule has 138 valence electrons. The topological polar surface area (TPSA) is 90.8 Å². The normalized spacial score (nSPS) is 10.9. The first-order chi connectivity index (χ1) is 12.4. The van der Waals surface area contributed by atoms with Crippen LogP contribution in [0, 0.1) is 0 Å². The van der Waals surface area contributed by atoms with Gasteiger partial charge in [-0.2, -0.15) is 10.1 Å². The number of nitrogens with zero attached hydrogens (tertiary/aromatic N) is 1. The minimum atomic E-state index is -0.601. The average molecular weight is 417 g/mol. The smallest absolute Gasteiger partial charge is 0.337 e. The lowest BCUT2D eigenvalue weighted by Gasteiger charge is -2.05. The van der Waals surface area contributed by atoms with Gasteiger partial charge in [0.25, 0.3) is 10.8 Å². The maximum atomic E-state index is 12.2. The Kier molecular flexibility index (Phi) is 7.50. The standard InChI is InChI=1S/C17H17Cl3N4O2/c1-2-3-8-26-11-6-4-10(5-7-11)9-22-24-17(25)15-12(18)14(21)13(19)16(20)23-15/h4-7,9H,2-3,8H2,1H3,(H2,21,23)(H,24,25)/p+1/b22-9-. The molecule has 0 aliphatic rings. The predicted molar refractivity (Wildman–Crippen MR) is 104 cm³/mol. The Morgan fingerprint density at radius 1 is 1.27 bits per heavy atom. The number of hydrogen-bond donors (Lipinski definition) is 2. The van der Waals surface area contributed by atoms with E-state index >= 15 is 0 Å². The van der Waals surface area contributed by atoms with E-state index in [2.05, 4.69) is 22.4 Å². The number of benzene rings is 1. The van der Waals surface area contributed by atoms with Gasteiger partial charge in [0.05, 0.1) is 18.5 Å². The lowest BCUT2D eigenvalue weighted by atomic mass is 10.2. The number of hydrazone groups is 1. The number of carbonyl (C=O) groups is 1. The molecule has 0 saturated heterocycles. The van der Waals surface area contributed by atoms with Gasteiger partial charge in [0, 0.05) is 0 Å². The van der Waals surface area contributed by atoms with Gasteiger partial charge in [-0.3, -0.25) is 4.79 Å². The van der Waals surface area contributed by atoms with Crippen molar-refractivity contribution in [3.05, 3.63) is 50.7 Å². The van der Waals surface area contributed by atoms with Crippen LogP contribution < -0.4 is 20.9 Å². The fourth-order valence-electron chi connectivity index (χ4n) is 1.93. The number of halogens is 3. The Bertz CT molecular complexity index is 811. The summed E-state index contributed by atoms with van der Waals surface area (Å²) in [6, 6.07) is 7.33. The second-order valence-corrected chi connectivity index (χ2v) is 6.46. The van der Waals surface area contributed by atoms with Crippen LogP contribution >= 0.6 is 34.8 Å². The van der Waals surface area contributed by atoms with E-state index in [1.165, 1.54) is 6.21 Å². The molecule has 0 bridgehead atoms. The van der Waals surface area contributed by atoms with Crippen LogP contribution in [0.5, 0.6) is 5.75 Å². The second kappa shape index (κ2) is 9.62. The molecule has 0 fully saturated rings. The summed E-state index contributed by atoms with van der Waals surface area (Å²) < 4.78 is 5.58. The minimum Gasteiger partial charge on any atom is -0.494 e. The van der Waals surface area contributed by atoms with Crippen molar-refractivity contribution in [2.75, 3.05) is 12.3 Å². The van der Waals surface area contributed by atoms with Crippen LogP contribution in [0.3, 0.4) is 0 Å². The van der Waals surface area contributed by atoms with Crippen molar-refractivity contribution in [2.45, 2.75) is 19.8 Å². The van der Waals surface area contributed by atoms with Gasteiger partial charge in [-0.15, -0.1) is 0 Å². The highest BCUT2D eigenvalue weighted by Crippen LogP contribution is 2.31. The van der Waals surface area contributed by atoms with E-state index in [0.29, 0.717) is 6.61 Å². The molecule has 0 saturated carbocycles. The average Bonchev–Trinajstić information content (AvgIpc) is 2.64. The van der Waals surface area contributed by atoms with Crippen molar-refractivity contribution >= 4 is 52.6 Å². The lowest BCUT2D eigenvalue weighted by molar-refractivity contribution is -0.379. The Labute approximate surface area is 166 Å². The highest BCUT2D eigenvalue weighted by Gasteiger charge is 2.25. The SMILES string of the molecule is CCCCOc1ccc(/C=N\NC(=O)c2[nH+]c(Cl)c(Cl)c(N)c2Cl)cc1. The summed E-state index contributed by atoms with van der Waals surface area (Å²) in [4.78, 5) is 14.7. The summed E-state index contributed by atoms with van der Waals surface area (Å²) in [5.74, 6) is 0.184. The molecule has 0 radical (unpaired) electrons. The molecule has 6 nitrogen and oxygen atoms in total. The Morgan fingerprint density at radius 3 is 2.62 bits per heavy atom. The van der Waals surface area contributed by atoms with Gasteiger partial charge in [-0.25, -0.2) is 5.43 Å². The third-order valence-electron chi connectivity index (χ3n) is 3.37. The zero-order valence-electron chi connectivity index (χ0n) is 14.0. The van der Waals surface area contributed by atoms with Crippen molar-refractivity contribution in [3.8, 4) is 5.75 Å². The highest BCUT2D eigenvalue weighted by atomic mass is 35.5. The molecule has 1 heterocycles. The molecule has 0 atom stereocenters. The van der Waals surface area contributed by atoms with Crippen molar-refractivity contribution in [2.24, 2.45) is 5.10 Å². The van der Waals surface area contributed by atoms with Gasteiger partial charge in [0.15, 0.2) is 0 Å². The van der Waals surface area contributed by atoms with Crippen LogP contribution in [0.4, 0.5) is 5.69 Å². The molecule has 0 aliphatic carbocycles. The van der Waals surface area contributed by atoms with Gasteiger partial charge in [0.2, 0.25) is 0 Å². The van der Waals surface area contributed by atoms with E-state index in [9.17, 15) is 4.79 Å². The van der Waals surface area contributed by atoms with Crippen molar-refractivity contribution < 1.29 is 14.5 Å². The molecule has 0 aliphatic heterocycles. The number of nitrogen functional groups attached to an aromatic ring is 1. The largest absolute Gasteiger partial charge is 0.494 e. The second-order valence-electron chi connectivity index (χ2n) is 5.33. The maximum Gasteiger partial charge on any atom is 0.337 e. The van der Waals surface area contributed by atoms with Crippen LogP contribution in [0.25, 0.3) is 0 Å². The lowest BCUT2D eigenvalue weighted by Crippen LogP contribution is -2.28. The summed E-state index contributed by atoms with van der Waals surface area (Å²) in [5.41, 5.74) is 8.82. The Morgan fingerprint density at radius 2 is 1.96 bits per heavy atom. The fraction of sp³-hybridized carbons (Fsp3) is 0.235. The molecular formula is C17H18Cl3N4O2+. The van der Waals surface area contributed by atoms with Crippen LogP contribution in [-0.2, 0) is 0 Å². The van der Waals surface area contributed by atoms with E-state index in [0.717, 1.165) is 24.2 Å². The van der Waals surface area contributed by atoms with Gasteiger partial charge >= 0.3 is 5.91 Å². The number of amides is 1. The number of anilines is 1. The molecular weight excluding hydrogens is 399 g/mol. The summed E-state index contributed by atoms with van der Waals surface area (Å²) in [5, 5.41) is 3.93. The van der Waals surface area contributed by atoms with Crippen LogP contribution in [-0.4, -0.2) is 18.7 Å². The third-order valence-corrected chi connectivity index (χ3v) is 4.54. The molecule has 26 heavy (non-hydrogen) atoms. The minimum absolute atomic E-state index is 0.0151. The molecule has 9 heteroatoms. The van der Waals surface area contributed by atoms with E-state index < -0.39 is 5.91 Å². The number of pyridine rings is 1. The predicted octanol–water partition coefficient (Wildman–Crippen LogP) is 3.99. The van der Waals surface area contributed by atoms with Gasteiger partial charge in [-0.05, 0) is 47.9 Å². The molecule has 1 amide bonds. The first-order valence-corrected chi connectivity index (χ1v) is 8.99. The van der Waals surface area contributed by atoms with E-state index in [4.69, 9.17) is 45.3 Å².